The van der Waals surface area contributed by atoms with Gasteiger partial charge in [-0.3, -0.25) is 4.90 Å². The number of hydrogen-bond donors (Lipinski definition) is 1. The van der Waals surface area contributed by atoms with E-state index in [1.54, 1.807) is 6.07 Å². The summed E-state index contributed by atoms with van der Waals surface area (Å²) >= 11 is 0. The Morgan fingerprint density at radius 1 is 0.897 bits per heavy atom. The van der Waals surface area contributed by atoms with E-state index in [-0.39, 0.29) is 11.4 Å². The molecule has 0 amide bonds. The fourth-order valence-corrected chi connectivity index (χ4v) is 4.45. The highest BCUT2D eigenvalue weighted by molar-refractivity contribution is 7.89. The molecule has 1 N–H and O–H groups in total. The molecule has 6 nitrogen and oxygen atoms in total. The van der Waals surface area contributed by atoms with Crippen LogP contribution in [0.5, 0.6) is 11.5 Å². The molecule has 0 atom stereocenters. The average Bonchev–Trinajstić information content (AvgIpc) is 3.22. The van der Waals surface area contributed by atoms with E-state index in [0.29, 0.717) is 24.7 Å². The molecule has 0 unspecified atom stereocenters. The zero-order valence-corrected chi connectivity index (χ0v) is 18.0. The van der Waals surface area contributed by atoms with Crippen LogP contribution in [0.25, 0.3) is 0 Å². The summed E-state index contributed by atoms with van der Waals surface area (Å²) in [7, 11) is -3.65. The quantitative estimate of drug-likeness (QED) is 0.639. The Labute approximate surface area is 173 Å². The number of likely N-dealkylation sites (tertiary alicyclic amines) is 1. The summed E-state index contributed by atoms with van der Waals surface area (Å²) in [6.45, 7) is 8.16. The van der Waals surface area contributed by atoms with Gasteiger partial charge in [-0.25, -0.2) is 13.1 Å². The minimum absolute atomic E-state index is 0.162. The van der Waals surface area contributed by atoms with Crippen LogP contribution in [-0.2, 0) is 23.1 Å². The van der Waals surface area contributed by atoms with E-state index in [9.17, 15) is 8.42 Å². The van der Waals surface area contributed by atoms with E-state index in [4.69, 9.17) is 9.47 Å². The Bertz CT molecular complexity index is 892. The predicted octanol–water partition coefficient (Wildman–Crippen LogP) is 3.56. The zero-order valence-electron chi connectivity index (χ0n) is 17.2. The lowest BCUT2D eigenvalue weighted by Crippen LogP contribution is -2.23. The van der Waals surface area contributed by atoms with Crippen LogP contribution >= 0.6 is 0 Å². The Balaban J connectivity index is 1.63. The molecule has 1 saturated heterocycles. The second-order valence-corrected chi connectivity index (χ2v) is 8.87. The van der Waals surface area contributed by atoms with Crippen LogP contribution < -0.4 is 14.2 Å². The monoisotopic (exact) mass is 418 g/mol. The number of nitrogens with zero attached hydrogens (tertiary/aromatic N) is 1. The molecule has 29 heavy (non-hydrogen) atoms. The third kappa shape index (κ3) is 5.95. The predicted molar refractivity (Wildman–Crippen MR) is 114 cm³/mol. The first-order valence-corrected chi connectivity index (χ1v) is 11.7. The fourth-order valence-electron chi connectivity index (χ4n) is 3.42. The average molecular weight is 419 g/mol. The number of rotatable bonds is 10. The van der Waals surface area contributed by atoms with Crippen molar-refractivity contribution >= 4 is 10.0 Å². The van der Waals surface area contributed by atoms with Gasteiger partial charge in [-0.1, -0.05) is 24.3 Å². The molecule has 0 radical (unpaired) electrons. The standard InChI is InChI=1S/C22H30N2O4S/c1-3-27-21-12-11-20(15-22(21)28-4-2)29(25,26)23-16-18-7-9-19(10-8-18)17-24-13-5-6-14-24/h7-12,15,23H,3-6,13-14,16-17H2,1-2H3. The summed E-state index contributed by atoms with van der Waals surface area (Å²) < 4.78 is 39.1. The van der Waals surface area contributed by atoms with E-state index in [2.05, 4.69) is 21.8 Å². The third-order valence-corrected chi connectivity index (χ3v) is 6.32. The van der Waals surface area contributed by atoms with Gasteiger partial charge in [-0.2, -0.15) is 0 Å². The van der Waals surface area contributed by atoms with Gasteiger partial charge >= 0.3 is 0 Å². The second-order valence-electron chi connectivity index (χ2n) is 7.10. The Hall–Kier alpha value is -2.09. The van der Waals surface area contributed by atoms with Crippen molar-refractivity contribution in [2.24, 2.45) is 0 Å². The highest BCUT2D eigenvalue weighted by Crippen LogP contribution is 2.30. The number of ether oxygens (including phenoxy) is 2. The topological polar surface area (TPSA) is 67.9 Å². The smallest absolute Gasteiger partial charge is 0.241 e. The van der Waals surface area contributed by atoms with E-state index in [1.165, 1.54) is 30.5 Å². The molecule has 0 aliphatic carbocycles. The van der Waals surface area contributed by atoms with Gasteiger partial charge in [-0.05, 0) is 63.0 Å². The van der Waals surface area contributed by atoms with Crippen molar-refractivity contribution in [3.05, 3.63) is 53.6 Å². The van der Waals surface area contributed by atoms with Crippen molar-refractivity contribution < 1.29 is 17.9 Å². The maximum absolute atomic E-state index is 12.7. The minimum atomic E-state index is -3.65. The fraction of sp³-hybridized carbons (Fsp3) is 0.455. The van der Waals surface area contributed by atoms with E-state index < -0.39 is 10.0 Å². The number of nitrogens with one attached hydrogen (secondary N) is 1. The first-order valence-electron chi connectivity index (χ1n) is 10.2. The number of hydrogen-bond acceptors (Lipinski definition) is 5. The Morgan fingerprint density at radius 2 is 1.52 bits per heavy atom. The van der Waals surface area contributed by atoms with Crippen LogP contribution in [-0.4, -0.2) is 39.6 Å². The maximum Gasteiger partial charge on any atom is 0.241 e. The van der Waals surface area contributed by atoms with E-state index >= 15 is 0 Å². The first kappa shape index (κ1) is 21.6. The molecule has 1 heterocycles. The highest BCUT2D eigenvalue weighted by Gasteiger charge is 2.17. The molecule has 0 bridgehead atoms. The molecule has 0 spiro atoms. The van der Waals surface area contributed by atoms with Crippen LogP contribution in [0.4, 0.5) is 0 Å². The van der Waals surface area contributed by atoms with Crippen molar-refractivity contribution in [2.45, 2.75) is 44.7 Å². The summed E-state index contributed by atoms with van der Waals surface area (Å²) in [5.41, 5.74) is 2.18. The molecule has 7 heteroatoms. The third-order valence-electron chi connectivity index (χ3n) is 4.92. The lowest BCUT2D eigenvalue weighted by Gasteiger charge is -2.15. The van der Waals surface area contributed by atoms with Crippen molar-refractivity contribution in [1.29, 1.82) is 0 Å². The molecule has 0 aromatic heterocycles. The maximum atomic E-state index is 12.7. The SMILES string of the molecule is CCOc1ccc(S(=O)(=O)NCc2ccc(CN3CCCC3)cc2)cc1OCC. The Morgan fingerprint density at radius 3 is 2.17 bits per heavy atom. The molecule has 158 valence electrons. The van der Waals surface area contributed by atoms with Gasteiger partial charge in [0.15, 0.2) is 11.5 Å². The van der Waals surface area contributed by atoms with E-state index in [1.807, 2.05) is 26.0 Å². The molecule has 3 rings (SSSR count). The molecule has 1 aliphatic rings. The highest BCUT2D eigenvalue weighted by atomic mass is 32.2. The molecule has 0 saturated carbocycles. The molecule has 2 aromatic carbocycles. The normalized spacial score (nSPS) is 14.8. The van der Waals surface area contributed by atoms with Crippen LogP contribution in [0, 0.1) is 0 Å². The summed E-state index contributed by atoms with van der Waals surface area (Å²) in [5, 5.41) is 0. The van der Waals surface area contributed by atoms with E-state index in [0.717, 1.165) is 25.2 Å². The summed E-state index contributed by atoms with van der Waals surface area (Å²) in [6, 6.07) is 12.8. The van der Waals surface area contributed by atoms with Crippen LogP contribution in [0.1, 0.15) is 37.8 Å². The van der Waals surface area contributed by atoms with Crippen molar-refractivity contribution in [3.63, 3.8) is 0 Å². The zero-order chi connectivity index (χ0) is 20.7. The lowest BCUT2D eigenvalue weighted by atomic mass is 10.1. The van der Waals surface area contributed by atoms with Gasteiger partial charge in [0.25, 0.3) is 0 Å². The summed E-state index contributed by atoms with van der Waals surface area (Å²) in [5.74, 6) is 0.977. The van der Waals surface area contributed by atoms with Gasteiger partial charge in [0.1, 0.15) is 0 Å². The summed E-state index contributed by atoms with van der Waals surface area (Å²) in [6.07, 6.45) is 2.55. The van der Waals surface area contributed by atoms with Crippen LogP contribution in [0.15, 0.2) is 47.4 Å². The van der Waals surface area contributed by atoms with Crippen LogP contribution in [0.3, 0.4) is 0 Å². The van der Waals surface area contributed by atoms with Gasteiger partial charge in [0, 0.05) is 19.2 Å². The molecule has 1 aliphatic heterocycles. The number of sulfonamides is 1. The molecule has 2 aromatic rings. The van der Waals surface area contributed by atoms with Crippen LogP contribution in [0.2, 0.25) is 0 Å². The number of benzene rings is 2. The van der Waals surface area contributed by atoms with Crippen molar-refractivity contribution in [3.8, 4) is 11.5 Å². The summed E-state index contributed by atoms with van der Waals surface area (Å²) in [4.78, 5) is 2.61. The molecule has 1 fully saturated rings. The Kier molecular flexibility index (Phi) is 7.52. The second kappa shape index (κ2) is 10.1. The lowest BCUT2D eigenvalue weighted by molar-refractivity contribution is 0.287. The molecular formula is C22H30N2O4S. The van der Waals surface area contributed by atoms with Crippen molar-refractivity contribution in [1.82, 2.24) is 9.62 Å². The molecular weight excluding hydrogens is 388 g/mol. The largest absolute Gasteiger partial charge is 0.490 e. The van der Waals surface area contributed by atoms with Gasteiger partial charge < -0.3 is 9.47 Å². The minimum Gasteiger partial charge on any atom is -0.490 e. The van der Waals surface area contributed by atoms with Gasteiger partial charge in [-0.15, -0.1) is 0 Å². The van der Waals surface area contributed by atoms with Gasteiger partial charge in [0.05, 0.1) is 18.1 Å². The van der Waals surface area contributed by atoms with Gasteiger partial charge in [0.2, 0.25) is 10.0 Å². The first-order chi connectivity index (χ1) is 14.0. The van der Waals surface area contributed by atoms with Crippen molar-refractivity contribution in [2.75, 3.05) is 26.3 Å².